The highest BCUT2D eigenvalue weighted by Crippen LogP contribution is 2.37. The summed E-state index contributed by atoms with van der Waals surface area (Å²) in [4.78, 5) is 0. The van der Waals surface area contributed by atoms with Crippen LogP contribution in [-0.4, -0.2) is 35.0 Å². The Morgan fingerprint density at radius 3 is 2.40 bits per heavy atom. The first-order valence-corrected chi connectivity index (χ1v) is 5.84. The summed E-state index contributed by atoms with van der Waals surface area (Å²) in [5, 5.41) is 12.7. The lowest BCUT2D eigenvalue weighted by molar-refractivity contribution is -0.0699. The molecule has 90 valence electrons. The maximum absolute atomic E-state index is 9.19. The minimum Gasteiger partial charge on any atom is -0.393 e. The summed E-state index contributed by atoms with van der Waals surface area (Å²) in [7, 11) is 0. The number of rotatable bonds is 4. The van der Waals surface area contributed by atoms with Gasteiger partial charge in [0.25, 0.3) is 0 Å². The Morgan fingerprint density at radius 2 is 2.00 bits per heavy atom. The van der Waals surface area contributed by atoms with Gasteiger partial charge in [-0.1, -0.05) is 0 Å². The maximum Gasteiger partial charge on any atom is 0.0787 e. The van der Waals surface area contributed by atoms with Crippen molar-refractivity contribution in [2.45, 2.75) is 70.8 Å². The van der Waals surface area contributed by atoms with Crippen molar-refractivity contribution in [3.05, 3.63) is 0 Å². The molecule has 0 spiro atoms. The zero-order valence-corrected chi connectivity index (χ0v) is 10.6. The van der Waals surface area contributed by atoms with Crippen molar-refractivity contribution in [3.8, 4) is 0 Å². The third kappa shape index (κ3) is 3.74. The lowest BCUT2D eigenvalue weighted by Crippen LogP contribution is -2.44. The van der Waals surface area contributed by atoms with Crippen LogP contribution in [0.5, 0.6) is 0 Å². The number of aliphatic hydroxyl groups excluding tert-OH is 1. The molecule has 3 heteroatoms. The summed E-state index contributed by atoms with van der Waals surface area (Å²) >= 11 is 0. The van der Waals surface area contributed by atoms with Gasteiger partial charge in [0, 0.05) is 6.04 Å². The van der Waals surface area contributed by atoms with Crippen LogP contribution in [-0.2, 0) is 4.74 Å². The van der Waals surface area contributed by atoms with Crippen LogP contribution in [0.15, 0.2) is 0 Å². The van der Waals surface area contributed by atoms with Crippen molar-refractivity contribution in [2.24, 2.45) is 0 Å². The number of hydrogen-bond acceptors (Lipinski definition) is 3. The molecule has 0 aromatic rings. The number of ether oxygens (including phenoxy) is 1. The van der Waals surface area contributed by atoms with Crippen LogP contribution < -0.4 is 5.32 Å². The van der Waals surface area contributed by atoms with Crippen molar-refractivity contribution in [1.29, 1.82) is 0 Å². The fourth-order valence-electron chi connectivity index (χ4n) is 2.35. The largest absolute Gasteiger partial charge is 0.393 e. The van der Waals surface area contributed by atoms with Crippen LogP contribution in [0.25, 0.3) is 0 Å². The summed E-state index contributed by atoms with van der Waals surface area (Å²) in [6, 6.07) is 0.381. The second-order valence-electron chi connectivity index (χ2n) is 5.81. The Balaban J connectivity index is 2.41. The summed E-state index contributed by atoms with van der Waals surface area (Å²) < 4.78 is 5.98. The third-order valence-electron chi connectivity index (χ3n) is 3.03. The topological polar surface area (TPSA) is 41.5 Å². The van der Waals surface area contributed by atoms with Gasteiger partial charge in [0.05, 0.1) is 17.3 Å². The van der Waals surface area contributed by atoms with E-state index in [1.165, 1.54) is 0 Å². The van der Waals surface area contributed by atoms with E-state index in [1.54, 1.807) is 0 Å². The lowest BCUT2D eigenvalue weighted by atomic mass is 9.94. The van der Waals surface area contributed by atoms with Crippen LogP contribution in [0.3, 0.4) is 0 Å². The second-order valence-corrected chi connectivity index (χ2v) is 5.81. The maximum atomic E-state index is 9.19. The molecule has 1 fully saturated rings. The lowest BCUT2D eigenvalue weighted by Gasteiger charge is -2.28. The van der Waals surface area contributed by atoms with Crippen molar-refractivity contribution in [3.63, 3.8) is 0 Å². The van der Waals surface area contributed by atoms with Gasteiger partial charge in [0.2, 0.25) is 0 Å². The van der Waals surface area contributed by atoms with Crippen molar-refractivity contribution >= 4 is 0 Å². The van der Waals surface area contributed by atoms with E-state index < -0.39 is 0 Å². The predicted octanol–water partition coefficient (Wildman–Crippen LogP) is 1.69. The molecular weight excluding hydrogens is 190 g/mol. The summed E-state index contributed by atoms with van der Waals surface area (Å²) in [5.74, 6) is 0. The zero-order valence-electron chi connectivity index (χ0n) is 10.6. The first-order chi connectivity index (χ1) is 6.73. The highest BCUT2D eigenvalue weighted by Gasteiger charge is 2.45. The van der Waals surface area contributed by atoms with E-state index in [2.05, 4.69) is 33.0 Å². The molecular formula is C12H25NO2. The van der Waals surface area contributed by atoms with Gasteiger partial charge in [-0.3, -0.25) is 0 Å². The normalized spacial score (nSPS) is 30.4. The fourth-order valence-corrected chi connectivity index (χ4v) is 2.35. The summed E-state index contributed by atoms with van der Waals surface area (Å²) in [5.41, 5.74) is -0.145. The average Bonchev–Trinajstić information content (AvgIpc) is 2.18. The zero-order chi connectivity index (χ0) is 11.7. The van der Waals surface area contributed by atoms with Gasteiger partial charge < -0.3 is 15.2 Å². The standard InChI is InChI=1S/C12H25NO2/c1-9(14)6-7-13-10-8-11(2,3)15-12(10,4)5/h9-10,13-14H,6-8H2,1-5H3. The van der Waals surface area contributed by atoms with E-state index in [4.69, 9.17) is 4.74 Å². The molecule has 2 atom stereocenters. The van der Waals surface area contributed by atoms with Crippen molar-refractivity contribution < 1.29 is 9.84 Å². The van der Waals surface area contributed by atoms with Crippen molar-refractivity contribution in [1.82, 2.24) is 5.32 Å². The molecule has 0 saturated carbocycles. The minimum absolute atomic E-state index is 0.0357. The van der Waals surface area contributed by atoms with E-state index in [0.29, 0.717) is 6.04 Å². The van der Waals surface area contributed by atoms with Gasteiger partial charge in [0.15, 0.2) is 0 Å². The smallest absolute Gasteiger partial charge is 0.0787 e. The van der Waals surface area contributed by atoms with E-state index in [-0.39, 0.29) is 17.3 Å². The fraction of sp³-hybridized carbons (Fsp3) is 1.00. The summed E-state index contributed by atoms with van der Waals surface area (Å²) in [6.07, 6.45) is 1.60. The van der Waals surface area contributed by atoms with E-state index in [9.17, 15) is 5.11 Å². The number of hydrogen-bond donors (Lipinski definition) is 2. The van der Waals surface area contributed by atoms with Gasteiger partial charge in [0.1, 0.15) is 0 Å². The Bertz CT molecular complexity index is 212. The molecule has 0 bridgehead atoms. The van der Waals surface area contributed by atoms with Gasteiger partial charge in [-0.25, -0.2) is 0 Å². The minimum atomic E-state index is -0.226. The average molecular weight is 215 g/mol. The number of nitrogens with one attached hydrogen (secondary N) is 1. The SMILES string of the molecule is CC(O)CCNC1CC(C)(C)OC1(C)C. The van der Waals surface area contributed by atoms with E-state index in [1.807, 2.05) is 6.92 Å². The Hall–Kier alpha value is -0.120. The van der Waals surface area contributed by atoms with Crippen LogP contribution in [0, 0.1) is 0 Å². The van der Waals surface area contributed by atoms with Gasteiger partial charge in [-0.05, 0) is 54.0 Å². The Labute approximate surface area is 93.2 Å². The monoisotopic (exact) mass is 215 g/mol. The van der Waals surface area contributed by atoms with Gasteiger partial charge in [-0.2, -0.15) is 0 Å². The van der Waals surface area contributed by atoms with Crippen molar-refractivity contribution in [2.75, 3.05) is 6.54 Å². The first kappa shape index (κ1) is 12.9. The molecule has 0 aromatic carbocycles. The molecule has 2 N–H and O–H groups in total. The quantitative estimate of drug-likeness (QED) is 0.750. The molecule has 0 aliphatic carbocycles. The second kappa shape index (κ2) is 4.40. The molecule has 1 saturated heterocycles. The molecule has 1 aliphatic heterocycles. The van der Waals surface area contributed by atoms with Crippen LogP contribution >= 0.6 is 0 Å². The molecule has 0 radical (unpaired) electrons. The third-order valence-corrected chi connectivity index (χ3v) is 3.03. The molecule has 0 aromatic heterocycles. The molecule has 1 rings (SSSR count). The first-order valence-electron chi connectivity index (χ1n) is 5.84. The molecule has 3 nitrogen and oxygen atoms in total. The molecule has 1 heterocycles. The van der Waals surface area contributed by atoms with E-state index in [0.717, 1.165) is 19.4 Å². The molecule has 15 heavy (non-hydrogen) atoms. The Kier molecular flexibility index (Phi) is 3.80. The van der Waals surface area contributed by atoms with Gasteiger partial charge in [-0.15, -0.1) is 0 Å². The highest BCUT2D eigenvalue weighted by molar-refractivity contribution is 4.98. The highest BCUT2D eigenvalue weighted by atomic mass is 16.5. The molecule has 1 aliphatic rings. The van der Waals surface area contributed by atoms with Gasteiger partial charge >= 0.3 is 0 Å². The van der Waals surface area contributed by atoms with E-state index >= 15 is 0 Å². The van der Waals surface area contributed by atoms with Crippen LogP contribution in [0.4, 0.5) is 0 Å². The molecule has 2 unspecified atom stereocenters. The number of aliphatic hydroxyl groups is 1. The summed E-state index contributed by atoms with van der Waals surface area (Å²) in [6.45, 7) is 11.2. The van der Waals surface area contributed by atoms with Crippen LogP contribution in [0.1, 0.15) is 47.5 Å². The Morgan fingerprint density at radius 1 is 1.40 bits per heavy atom. The molecule has 0 amide bonds. The predicted molar refractivity (Wildman–Crippen MR) is 61.9 cm³/mol. The van der Waals surface area contributed by atoms with Crippen LogP contribution in [0.2, 0.25) is 0 Å².